The van der Waals surface area contributed by atoms with E-state index in [-0.39, 0.29) is 10.6 Å². The van der Waals surface area contributed by atoms with E-state index in [0.29, 0.717) is 6.54 Å². The summed E-state index contributed by atoms with van der Waals surface area (Å²) in [4.78, 5) is 2.36. The Morgan fingerprint density at radius 3 is 2.89 bits per heavy atom. The number of nitrogens with two attached hydrogens (primary N) is 1. The molecule has 1 aromatic carbocycles. The molecule has 0 atom stereocenters. The minimum absolute atomic E-state index is 0.173. The lowest BCUT2D eigenvalue weighted by Crippen LogP contribution is -2.43. The van der Waals surface area contributed by atoms with Crippen LogP contribution in [0.15, 0.2) is 18.2 Å². The Balaban J connectivity index is 2.26. The average molecular weight is 268 g/mol. The van der Waals surface area contributed by atoms with Crippen LogP contribution in [0.25, 0.3) is 0 Å². The van der Waals surface area contributed by atoms with E-state index in [1.54, 1.807) is 12.1 Å². The third-order valence-corrected chi connectivity index (χ3v) is 4.52. The van der Waals surface area contributed by atoms with Gasteiger partial charge in [-0.2, -0.15) is 11.8 Å². The maximum Gasteiger partial charge on any atom is 0.123 e. The van der Waals surface area contributed by atoms with Crippen LogP contribution in [0.2, 0.25) is 0 Å². The molecule has 1 aromatic rings. The van der Waals surface area contributed by atoms with Crippen molar-refractivity contribution in [2.24, 2.45) is 5.73 Å². The standard InChI is InChI=1S/C14H21FN2S/c1-14(2)10-17(7-8-18-14)13-4-3-12(15)9-11(13)5-6-16/h3-4,9H,5-8,10,16H2,1-2H3. The summed E-state index contributed by atoms with van der Waals surface area (Å²) < 4.78 is 13.6. The van der Waals surface area contributed by atoms with Crippen molar-refractivity contribution in [2.75, 3.05) is 30.3 Å². The van der Waals surface area contributed by atoms with Gasteiger partial charge < -0.3 is 10.6 Å². The van der Waals surface area contributed by atoms with E-state index in [1.165, 1.54) is 0 Å². The van der Waals surface area contributed by atoms with Gasteiger partial charge >= 0.3 is 0 Å². The van der Waals surface area contributed by atoms with E-state index in [2.05, 4.69) is 18.7 Å². The van der Waals surface area contributed by atoms with Crippen LogP contribution in [-0.2, 0) is 6.42 Å². The molecule has 0 unspecified atom stereocenters. The minimum atomic E-state index is -0.173. The normalized spacial score (nSPS) is 19.0. The first-order valence-corrected chi connectivity index (χ1v) is 7.38. The van der Waals surface area contributed by atoms with E-state index in [9.17, 15) is 4.39 Å². The summed E-state index contributed by atoms with van der Waals surface area (Å²) in [5.41, 5.74) is 7.79. The van der Waals surface area contributed by atoms with Crippen LogP contribution in [-0.4, -0.2) is 30.1 Å². The van der Waals surface area contributed by atoms with Crippen LogP contribution in [0.1, 0.15) is 19.4 Å². The average Bonchev–Trinajstić information content (AvgIpc) is 2.28. The van der Waals surface area contributed by atoms with Gasteiger partial charge in [-0.1, -0.05) is 0 Å². The van der Waals surface area contributed by atoms with Gasteiger partial charge in [0.2, 0.25) is 0 Å². The number of halogens is 1. The van der Waals surface area contributed by atoms with Gasteiger partial charge in [-0.3, -0.25) is 0 Å². The topological polar surface area (TPSA) is 29.3 Å². The van der Waals surface area contributed by atoms with Gasteiger partial charge in [-0.25, -0.2) is 4.39 Å². The molecule has 0 aromatic heterocycles. The highest BCUT2D eigenvalue weighted by Crippen LogP contribution is 2.33. The summed E-state index contributed by atoms with van der Waals surface area (Å²) in [6, 6.07) is 5.06. The van der Waals surface area contributed by atoms with E-state index in [0.717, 1.165) is 36.5 Å². The highest BCUT2D eigenvalue weighted by Gasteiger charge is 2.28. The van der Waals surface area contributed by atoms with E-state index >= 15 is 0 Å². The fourth-order valence-corrected chi connectivity index (χ4v) is 3.55. The van der Waals surface area contributed by atoms with Crippen molar-refractivity contribution in [3.63, 3.8) is 0 Å². The molecule has 2 rings (SSSR count). The lowest BCUT2D eigenvalue weighted by atomic mass is 10.1. The van der Waals surface area contributed by atoms with Crippen molar-refractivity contribution in [1.29, 1.82) is 0 Å². The van der Waals surface area contributed by atoms with Crippen LogP contribution in [0.5, 0.6) is 0 Å². The van der Waals surface area contributed by atoms with Gasteiger partial charge in [0, 0.05) is 29.3 Å². The second-order valence-corrected chi connectivity index (χ2v) is 7.14. The van der Waals surface area contributed by atoms with Crippen LogP contribution >= 0.6 is 11.8 Å². The summed E-state index contributed by atoms with van der Waals surface area (Å²) in [5, 5.41) is 0. The maximum atomic E-state index is 13.3. The van der Waals surface area contributed by atoms with E-state index < -0.39 is 0 Å². The molecule has 2 N–H and O–H groups in total. The van der Waals surface area contributed by atoms with Gasteiger partial charge in [0.15, 0.2) is 0 Å². The zero-order chi connectivity index (χ0) is 13.2. The molecule has 0 saturated carbocycles. The summed E-state index contributed by atoms with van der Waals surface area (Å²) in [7, 11) is 0. The van der Waals surface area contributed by atoms with Crippen molar-refractivity contribution < 1.29 is 4.39 Å². The number of nitrogens with zero attached hydrogens (tertiary/aromatic N) is 1. The molecule has 0 aliphatic carbocycles. The first-order valence-electron chi connectivity index (χ1n) is 6.39. The largest absolute Gasteiger partial charge is 0.369 e. The van der Waals surface area contributed by atoms with Crippen LogP contribution in [0.4, 0.5) is 10.1 Å². The van der Waals surface area contributed by atoms with Crippen LogP contribution in [0, 0.1) is 5.82 Å². The molecule has 0 spiro atoms. The molecule has 0 amide bonds. The number of thioether (sulfide) groups is 1. The molecule has 4 heteroatoms. The first-order chi connectivity index (χ1) is 8.52. The monoisotopic (exact) mass is 268 g/mol. The Morgan fingerprint density at radius 2 is 2.22 bits per heavy atom. The van der Waals surface area contributed by atoms with Crippen molar-refractivity contribution in [2.45, 2.75) is 25.0 Å². The van der Waals surface area contributed by atoms with Crippen molar-refractivity contribution in [3.05, 3.63) is 29.6 Å². The number of anilines is 1. The van der Waals surface area contributed by atoms with Gasteiger partial charge in [0.25, 0.3) is 0 Å². The quantitative estimate of drug-likeness (QED) is 0.914. The molecule has 1 heterocycles. The summed E-state index contributed by atoms with van der Waals surface area (Å²) in [6.07, 6.45) is 0.733. The zero-order valence-electron chi connectivity index (χ0n) is 11.1. The Labute approximate surface area is 113 Å². The molecule has 0 radical (unpaired) electrons. The molecule has 1 aliphatic rings. The number of hydrogen-bond acceptors (Lipinski definition) is 3. The fourth-order valence-electron chi connectivity index (χ4n) is 2.44. The number of hydrogen-bond donors (Lipinski definition) is 1. The Morgan fingerprint density at radius 1 is 1.44 bits per heavy atom. The van der Waals surface area contributed by atoms with Gasteiger partial charge in [0.05, 0.1) is 0 Å². The summed E-state index contributed by atoms with van der Waals surface area (Å²) in [6.45, 7) is 7.10. The lowest BCUT2D eigenvalue weighted by molar-refractivity contribution is 0.620. The third-order valence-electron chi connectivity index (χ3n) is 3.22. The number of rotatable bonds is 3. The minimum Gasteiger partial charge on any atom is -0.369 e. The zero-order valence-corrected chi connectivity index (χ0v) is 11.9. The predicted octanol–water partition coefficient (Wildman–Crippen LogP) is 2.66. The molecule has 100 valence electrons. The summed E-state index contributed by atoms with van der Waals surface area (Å²) in [5.74, 6) is 0.944. The smallest absolute Gasteiger partial charge is 0.123 e. The van der Waals surface area contributed by atoms with Crippen LogP contribution in [0.3, 0.4) is 0 Å². The second kappa shape index (κ2) is 5.49. The number of benzene rings is 1. The summed E-state index contributed by atoms with van der Waals surface area (Å²) >= 11 is 2.00. The highest BCUT2D eigenvalue weighted by molar-refractivity contribution is 8.00. The SMILES string of the molecule is CC1(C)CN(c2ccc(F)cc2CCN)CCS1. The molecule has 1 saturated heterocycles. The Bertz CT molecular complexity index is 420. The maximum absolute atomic E-state index is 13.3. The van der Waals surface area contributed by atoms with Crippen molar-refractivity contribution >= 4 is 17.4 Å². The molecular weight excluding hydrogens is 247 g/mol. The van der Waals surface area contributed by atoms with Gasteiger partial charge in [-0.05, 0) is 50.6 Å². The Hall–Kier alpha value is -0.740. The van der Waals surface area contributed by atoms with Gasteiger partial charge in [0.1, 0.15) is 5.82 Å². The third kappa shape index (κ3) is 3.18. The Kier molecular flexibility index (Phi) is 4.17. The highest BCUT2D eigenvalue weighted by atomic mass is 32.2. The molecule has 1 fully saturated rings. The second-order valence-electron chi connectivity index (χ2n) is 5.34. The molecule has 0 bridgehead atoms. The molecular formula is C14H21FN2S. The molecule has 2 nitrogen and oxygen atoms in total. The first kappa shape index (κ1) is 13.7. The fraction of sp³-hybridized carbons (Fsp3) is 0.571. The van der Waals surface area contributed by atoms with Crippen LogP contribution < -0.4 is 10.6 Å². The van der Waals surface area contributed by atoms with Crippen molar-refractivity contribution in [3.8, 4) is 0 Å². The van der Waals surface area contributed by atoms with E-state index in [1.807, 2.05) is 17.8 Å². The van der Waals surface area contributed by atoms with E-state index in [4.69, 9.17) is 5.73 Å². The predicted molar refractivity (Wildman–Crippen MR) is 77.9 cm³/mol. The van der Waals surface area contributed by atoms with Crippen molar-refractivity contribution in [1.82, 2.24) is 0 Å². The molecule has 1 aliphatic heterocycles. The molecule has 18 heavy (non-hydrogen) atoms. The lowest BCUT2D eigenvalue weighted by Gasteiger charge is -2.39. The van der Waals surface area contributed by atoms with Gasteiger partial charge in [-0.15, -0.1) is 0 Å².